The second-order valence-corrected chi connectivity index (χ2v) is 3.24. The quantitative estimate of drug-likeness (QED) is 0.595. The maximum Gasteiger partial charge on any atom is 0.0571 e. The molecule has 0 aromatic rings. The van der Waals surface area contributed by atoms with Crippen molar-refractivity contribution in [1.29, 1.82) is 0 Å². The van der Waals surface area contributed by atoms with E-state index in [2.05, 4.69) is 0 Å². The molecule has 0 radical (unpaired) electrons. The van der Waals surface area contributed by atoms with E-state index in [4.69, 9.17) is 0 Å². The van der Waals surface area contributed by atoms with Crippen molar-refractivity contribution in [3.05, 3.63) is 0 Å². The first-order valence-corrected chi connectivity index (χ1v) is 5.54. The van der Waals surface area contributed by atoms with Crippen molar-refractivity contribution < 1.29 is 5.11 Å². The molecule has 2 saturated carbocycles. The highest BCUT2D eigenvalue weighted by atomic mass is 16.3. The molecule has 1 heteroatoms. The van der Waals surface area contributed by atoms with E-state index in [-0.39, 0.29) is 6.10 Å². The Bertz CT molecular complexity index is 99.2. The lowest BCUT2D eigenvalue weighted by molar-refractivity contribution is 0.113. The van der Waals surface area contributed by atoms with Gasteiger partial charge in [0.1, 0.15) is 0 Å². The average molecular weight is 172 g/mol. The molecule has 2 bridgehead atoms. The Balaban J connectivity index is 0.000000269. The summed E-state index contributed by atoms with van der Waals surface area (Å²) in [5.74, 6) is 1.59. The largest absolute Gasteiger partial charge is 0.393 e. The van der Waals surface area contributed by atoms with Crippen molar-refractivity contribution in [1.82, 2.24) is 0 Å². The fourth-order valence-electron chi connectivity index (χ4n) is 2.21. The van der Waals surface area contributed by atoms with Gasteiger partial charge < -0.3 is 5.11 Å². The maximum atomic E-state index is 9.22. The zero-order chi connectivity index (χ0) is 9.56. The fourth-order valence-corrected chi connectivity index (χ4v) is 2.21. The molecular formula is C11H24O. The minimum atomic E-state index is 0.0775. The van der Waals surface area contributed by atoms with E-state index in [0.717, 1.165) is 12.3 Å². The molecule has 3 atom stereocenters. The summed E-state index contributed by atoms with van der Waals surface area (Å²) in [6.07, 6.45) is 5.19. The monoisotopic (exact) mass is 172 g/mol. The molecular weight excluding hydrogens is 148 g/mol. The van der Waals surface area contributed by atoms with Crippen molar-refractivity contribution in [2.24, 2.45) is 11.8 Å². The van der Waals surface area contributed by atoms with Gasteiger partial charge in [0, 0.05) is 0 Å². The molecule has 0 heterocycles. The van der Waals surface area contributed by atoms with E-state index < -0.39 is 0 Å². The van der Waals surface area contributed by atoms with Crippen LogP contribution in [-0.4, -0.2) is 11.2 Å². The van der Waals surface area contributed by atoms with Crippen molar-refractivity contribution in [2.75, 3.05) is 0 Å². The van der Waals surface area contributed by atoms with Crippen LogP contribution in [0.25, 0.3) is 0 Å². The molecule has 2 aliphatic rings. The summed E-state index contributed by atoms with van der Waals surface area (Å²) < 4.78 is 0. The van der Waals surface area contributed by atoms with E-state index in [1.165, 1.54) is 19.3 Å². The predicted octanol–water partition coefficient (Wildman–Crippen LogP) is 3.22. The zero-order valence-electron chi connectivity index (χ0n) is 9.01. The zero-order valence-corrected chi connectivity index (χ0v) is 9.01. The Labute approximate surface area is 77.2 Å². The SMILES string of the molecule is CC.CC.OC1CC2CCC1C2. The Kier molecular flexibility index (Phi) is 6.45. The van der Waals surface area contributed by atoms with E-state index in [1.807, 2.05) is 27.7 Å². The molecule has 0 aliphatic heterocycles. The van der Waals surface area contributed by atoms with Crippen LogP contribution in [-0.2, 0) is 0 Å². The van der Waals surface area contributed by atoms with Gasteiger partial charge in [-0.1, -0.05) is 27.7 Å². The van der Waals surface area contributed by atoms with Crippen LogP contribution < -0.4 is 0 Å². The molecule has 3 unspecified atom stereocenters. The highest BCUT2D eigenvalue weighted by Gasteiger charge is 2.38. The summed E-state index contributed by atoms with van der Waals surface area (Å²) in [7, 11) is 0. The van der Waals surface area contributed by atoms with Gasteiger partial charge in [-0.3, -0.25) is 0 Å². The molecule has 2 rings (SSSR count). The van der Waals surface area contributed by atoms with E-state index in [0.29, 0.717) is 5.92 Å². The van der Waals surface area contributed by atoms with Gasteiger partial charge >= 0.3 is 0 Å². The Hall–Kier alpha value is -0.0400. The predicted molar refractivity (Wildman–Crippen MR) is 54.2 cm³/mol. The van der Waals surface area contributed by atoms with Crippen LogP contribution >= 0.6 is 0 Å². The minimum absolute atomic E-state index is 0.0775. The lowest BCUT2D eigenvalue weighted by atomic mass is 9.98. The van der Waals surface area contributed by atoms with Crippen LogP contribution in [0.4, 0.5) is 0 Å². The molecule has 0 amide bonds. The number of hydrogen-bond acceptors (Lipinski definition) is 1. The summed E-state index contributed by atoms with van der Waals surface area (Å²) in [4.78, 5) is 0. The highest BCUT2D eigenvalue weighted by molar-refractivity contribution is 4.89. The molecule has 74 valence electrons. The number of hydrogen-bond donors (Lipinski definition) is 1. The smallest absolute Gasteiger partial charge is 0.0571 e. The number of aliphatic hydroxyl groups is 1. The van der Waals surface area contributed by atoms with Crippen LogP contribution in [0.5, 0.6) is 0 Å². The molecule has 0 saturated heterocycles. The Morgan fingerprint density at radius 3 is 1.67 bits per heavy atom. The third-order valence-corrected chi connectivity index (χ3v) is 2.70. The Morgan fingerprint density at radius 1 is 0.917 bits per heavy atom. The maximum absolute atomic E-state index is 9.22. The van der Waals surface area contributed by atoms with Gasteiger partial charge in [-0.2, -0.15) is 0 Å². The van der Waals surface area contributed by atoms with Gasteiger partial charge in [0.2, 0.25) is 0 Å². The summed E-state index contributed by atoms with van der Waals surface area (Å²) in [6.45, 7) is 8.00. The lowest BCUT2D eigenvalue weighted by Crippen LogP contribution is -2.14. The van der Waals surface area contributed by atoms with Crippen LogP contribution in [0, 0.1) is 11.8 Å². The van der Waals surface area contributed by atoms with E-state index in [9.17, 15) is 5.11 Å². The average Bonchev–Trinajstić information content (AvgIpc) is 2.72. The first kappa shape index (κ1) is 12.0. The summed E-state index contributed by atoms with van der Waals surface area (Å²) in [6, 6.07) is 0. The topological polar surface area (TPSA) is 20.2 Å². The van der Waals surface area contributed by atoms with Crippen molar-refractivity contribution in [3.63, 3.8) is 0 Å². The summed E-state index contributed by atoms with van der Waals surface area (Å²) in [5.41, 5.74) is 0. The van der Waals surface area contributed by atoms with E-state index >= 15 is 0 Å². The Morgan fingerprint density at radius 2 is 1.50 bits per heavy atom. The second-order valence-electron chi connectivity index (χ2n) is 3.24. The normalized spacial score (nSPS) is 36.2. The molecule has 1 N–H and O–H groups in total. The number of rotatable bonds is 0. The minimum Gasteiger partial charge on any atom is -0.393 e. The summed E-state index contributed by atoms with van der Waals surface area (Å²) in [5, 5.41) is 9.22. The molecule has 2 aliphatic carbocycles. The van der Waals surface area contributed by atoms with E-state index in [1.54, 1.807) is 0 Å². The number of fused-ring (bicyclic) bond motifs is 2. The van der Waals surface area contributed by atoms with Gasteiger partial charge in [-0.25, -0.2) is 0 Å². The molecule has 2 fully saturated rings. The third-order valence-electron chi connectivity index (χ3n) is 2.70. The first-order chi connectivity index (χ1) is 5.86. The molecule has 0 aromatic heterocycles. The number of aliphatic hydroxyl groups excluding tert-OH is 1. The van der Waals surface area contributed by atoms with Crippen molar-refractivity contribution in [3.8, 4) is 0 Å². The molecule has 0 aromatic carbocycles. The van der Waals surface area contributed by atoms with Crippen LogP contribution in [0.3, 0.4) is 0 Å². The molecule has 0 spiro atoms. The van der Waals surface area contributed by atoms with Crippen molar-refractivity contribution in [2.45, 2.75) is 59.5 Å². The second kappa shape index (κ2) is 6.47. The fraction of sp³-hybridized carbons (Fsp3) is 1.00. The van der Waals surface area contributed by atoms with Gasteiger partial charge in [0.05, 0.1) is 6.10 Å². The lowest BCUT2D eigenvalue weighted by Gasteiger charge is -2.14. The van der Waals surface area contributed by atoms with Gasteiger partial charge in [-0.05, 0) is 37.5 Å². The van der Waals surface area contributed by atoms with Gasteiger partial charge in [0.25, 0.3) is 0 Å². The third kappa shape index (κ3) is 2.78. The molecule has 12 heavy (non-hydrogen) atoms. The standard InChI is InChI=1S/C7H12O.2C2H6/c8-7-4-5-1-2-6(7)3-5;2*1-2/h5-8H,1-4H2;2*1-2H3. The van der Waals surface area contributed by atoms with Crippen molar-refractivity contribution >= 4 is 0 Å². The first-order valence-electron chi connectivity index (χ1n) is 5.54. The van der Waals surface area contributed by atoms with Gasteiger partial charge in [-0.15, -0.1) is 0 Å². The summed E-state index contributed by atoms with van der Waals surface area (Å²) >= 11 is 0. The molecule has 1 nitrogen and oxygen atoms in total. The van der Waals surface area contributed by atoms with Crippen LogP contribution in [0.2, 0.25) is 0 Å². The van der Waals surface area contributed by atoms with Crippen LogP contribution in [0.1, 0.15) is 53.4 Å². The van der Waals surface area contributed by atoms with Gasteiger partial charge in [0.15, 0.2) is 0 Å². The van der Waals surface area contributed by atoms with Crippen LogP contribution in [0.15, 0.2) is 0 Å². The highest BCUT2D eigenvalue weighted by Crippen LogP contribution is 2.44.